The van der Waals surface area contributed by atoms with Crippen LogP contribution in [0, 0.1) is 0 Å². The average molecular weight is 244 g/mol. The van der Waals surface area contributed by atoms with Gasteiger partial charge in [-0.2, -0.15) is 0 Å². The third-order valence-corrected chi connectivity index (χ3v) is 2.76. The maximum atomic E-state index is 12.0. The van der Waals surface area contributed by atoms with Gasteiger partial charge in [-0.15, -0.1) is 0 Å². The number of hydrogen-bond donors (Lipinski definition) is 0. The lowest BCUT2D eigenvalue weighted by atomic mass is 10.0. The summed E-state index contributed by atoms with van der Waals surface area (Å²) in [6.45, 7) is 4.15. The second-order valence-corrected chi connectivity index (χ2v) is 3.91. The zero-order valence-corrected chi connectivity index (χ0v) is 10.6. The highest BCUT2D eigenvalue weighted by Gasteiger charge is 2.21. The SMILES string of the molecule is CCOC(=O)c1c(CC)coc1-c1ccccc1. The molecule has 0 radical (unpaired) electrons. The fourth-order valence-electron chi connectivity index (χ4n) is 1.88. The van der Waals surface area contributed by atoms with Gasteiger partial charge in [0.25, 0.3) is 0 Å². The highest BCUT2D eigenvalue weighted by molar-refractivity contribution is 5.97. The Morgan fingerprint density at radius 3 is 2.56 bits per heavy atom. The predicted molar refractivity (Wildman–Crippen MR) is 69.5 cm³/mol. The predicted octanol–water partition coefficient (Wildman–Crippen LogP) is 3.69. The van der Waals surface area contributed by atoms with Crippen LogP contribution in [0.1, 0.15) is 29.8 Å². The lowest BCUT2D eigenvalue weighted by molar-refractivity contribution is 0.0525. The highest BCUT2D eigenvalue weighted by atomic mass is 16.5. The van der Waals surface area contributed by atoms with Crippen molar-refractivity contribution in [1.82, 2.24) is 0 Å². The third kappa shape index (κ3) is 2.30. The van der Waals surface area contributed by atoms with Gasteiger partial charge in [-0.25, -0.2) is 4.79 Å². The number of esters is 1. The van der Waals surface area contributed by atoms with Crippen molar-refractivity contribution in [3.63, 3.8) is 0 Å². The van der Waals surface area contributed by atoms with Crippen LogP contribution in [0.4, 0.5) is 0 Å². The largest absolute Gasteiger partial charge is 0.463 e. The molecule has 1 aromatic carbocycles. The molecule has 1 aromatic heterocycles. The number of benzene rings is 1. The van der Waals surface area contributed by atoms with Gasteiger partial charge < -0.3 is 9.15 Å². The molecule has 0 atom stereocenters. The van der Waals surface area contributed by atoms with E-state index in [0.29, 0.717) is 17.9 Å². The van der Waals surface area contributed by atoms with E-state index in [2.05, 4.69) is 0 Å². The van der Waals surface area contributed by atoms with E-state index < -0.39 is 0 Å². The Morgan fingerprint density at radius 1 is 1.22 bits per heavy atom. The van der Waals surface area contributed by atoms with Gasteiger partial charge in [0.05, 0.1) is 12.9 Å². The molecular weight excluding hydrogens is 228 g/mol. The maximum Gasteiger partial charge on any atom is 0.342 e. The van der Waals surface area contributed by atoms with E-state index in [1.54, 1.807) is 13.2 Å². The first-order chi connectivity index (χ1) is 8.77. The minimum atomic E-state index is -0.318. The molecule has 0 saturated carbocycles. The summed E-state index contributed by atoms with van der Waals surface area (Å²) >= 11 is 0. The van der Waals surface area contributed by atoms with Crippen LogP contribution in [0.3, 0.4) is 0 Å². The monoisotopic (exact) mass is 244 g/mol. The molecule has 0 bridgehead atoms. The summed E-state index contributed by atoms with van der Waals surface area (Å²) in [6, 6.07) is 9.59. The van der Waals surface area contributed by atoms with Crippen molar-refractivity contribution in [2.45, 2.75) is 20.3 Å². The second kappa shape index (κ2) is 5.54. The number of hydrogen-bond acceptors (Lipinski definition) is 3. The van der Waals surface area contributed by atoms with E-state index in [9.17, 15) is 4.79 Å². The topological polar surface area (TPSA) is 39.4 Å². The summed E-state index contributed by atoms with van der Waals surface area (Å²) in [7, 11) is 0. The standard InChI is InChI=1S/C15H16O3/c1-3-11-10-18-14(12-8-6-5-7-9-12)13(11)15(16)17-4-2/h5-10H,3-4H2,1-2H3. The van der Waals surface area contributed by atoms with E-state index in [4.69, 9.17) is 9.15 Å². The maximum absolute atomic E-state index is 12.0. The molecule has 0 unspecified atom stereocenters. The lowest BCUT2D eigenvalue weighted by Crippen LogP contribution is -2.07. The molecule has 3 nitrogen and oxygen atoms in total. The van der Waals surface area contributed by atoms with Gasteiger partial charge >= 0.3 is 5.97 Å². The Hall–Kier alpha value is -2.03. The van der Waals surface area contributed by atoms with E-state index in [1.807, 2.05) is 37.3 Å². The molecule has 94 valence electrons. The number of rotatable bonds is 4. The van der Waals surface area contributed by atoms with E-state index >= 15 is 0 Å². The van der Waals surface area contributed by atoms with Gasteiger partial charge in [-0.05, 0) is 13.3 Å². The Balaban J connectivity index is 2.49. The summed E-state index contributed by atoms with van der Waals surface area (Å²) in [6.07, 6.45) is 2.37. The van der Waals surface area contributed by atoms with Crippen LogP contribution < -0.4 is 0 Å². The quantitative estimate of drug-likeness (QED) is 0.770. The number of carbonyl (C=O) groups excluding carboxylic acids is 1. The van der Waals surface area contributed by atoms with Crippen molar-refractivity contribution in [2.24, 2.45) is 0 Å². The molecule has 0 fully saturated rings. The highest BCUT2D eigenvalue weighted by Crippen LogP contribution is 2.29. The molecule has 3 heteroatoms. The van der Waals surface area contributed by atoms with Gasteiger partial charge in [0.15, 0.2) is 0 Å². The molecule has 18 heavy (non-hydrogen) atoms. The molecule has 0 saturated heterocycles. The van der Waals surface area contributed by atoms with Crippen LogP contribution in [-0.2, 0) is 11.2 Å². The summed E-state index contributed by atoms with van der Waals surface area (Å²) < 4.78 is 10.6. The van der Waals surface area contributed by atoms with Crippen LogP contribution in [0.25, 0.3) is 11.3 Å². The smallest absolute Gasteiger partial charge is 0.342 e. The first-order valence-electron chi connectivity index (χ1n) is 6.10. The minimum absolute atomic E-state index is 0.318. The van der Waals surface area contributed by atoms with Crippen LogP contribution in [0.5, 0.6) is 0 Å². The molecule has 2 aromatic rings. The van der Waals surface area contributed by atoms with Gasteiger partial charge in [-0.1, -0.05) is 37.3 Å². The molecule has 0 aliphatic heterocycles. The lowest BCUT2D eigenvalue weighted by Gasteiger charge is -2.04. The Morgan fingerprint density at radius 2 is 1.94 bits per heavy atom. The number of carbonyl (C=O) groups is 1. The zero-order valence-electron chi connectivity index (χ0n) is 10.6. The van der Waals surface area contributed by atoms with Crippen LogP contribution in [0.15, 0.2) is 41.0 Å². The van der Waals surface area contributed by atoms with Crippen molar-refractivity contribution in [3.05, 3.63) is 47.7 Å². The Labute approximate surface area is 106 Å². The molecule has 1 heterocycles. The van der Waals surface area contributed by atoms with Gasteiger partial charge in [0.1, 0.15) is 11.3 Å². The van der Waals surface area contributed by atoms with Crippen LogP contribution in [0.2, 0.25) is 0 Å². The fraction of sp³-hybridized carbons (Fsp3) is 0.267. The van der Waals surface area contributed by atoms with Crippen molar-refractivity contribution in [2.75, 3.05) is 6.61 Å². The van der Waals surface area contributed by atoms with Gasteiger partial charge in [-0.3, -0.25) is 0 Å². The average Bonchev–Trinajstić information content (AvgIpc) is 2.84. The minimum Gasteiger partial charge on any atom is -0.463 e. The number of furan rings is 1. The number of ether oxygens (including phenoxy) is 1. The van der Waals surface area contributed by atoms with Gasteiger partial charge in [0.2, 0.25) is 0 Å². The van der Waals surface area contributed by atoms with Crippen LogP contribution >= 0.6 is 0 Å². The molecule has 0 spiro atoms. The molecule has 0 N–H and O–H groups in total. The van der Waals surface area contributed by atoms with E-state index in [0.717, 1.165) is 17.5 Å². The van der Waals surface area contributed by atoms with Gasteiger partial charge in [0, 0.05) is 11.1 Å². The van der Waals surface area contributed by atoms with Crippen molar-refractivity contribution in [3.8, 4) is 11.3 Å². The molecule has 0 aliphatic rings. The Bertz CT molecular complexity index is 526. The second-order valence-electron chi connectivity index (χ2n) is 3.91. The molecule has 2 rings (SSSR count). The molecular formula is C15H16O3. The van der Waals surface area contributed by atoms with E-state index in [-0.39, 0.29) is 5.97 Å². The van der Waals surface area contributed by atoms with Crippen molar-refractivity contribution in [1.29, 1.82) is 0 Å². The first-order valence-corrected chi connectivity index (χ1v) is 6.10. The summed E-state index contributed by atoms with van der Waals surface area (Å²) in [4.78, 5) is 12.0. The van der Waals surface area contributed by atoms with Crippen LogP contribution in [-0.4, -0.2) is 12.6 Å². The van der Waals surface area contributed by atoms with E-state index in [1.165, 1.54) is 0 Å². The third-order valence-electron chi connectivity index (χ3n) is 2.76. The Kier molecular flexibility index (Phi) is 3.82. The summed E-state index contributed by atoms with van der Waals surface area (Å²) in [5.41, 5.74) is 2.32. The van der Waals surface area contributed by atoms with Crippen molar-refractivity contribution >= 4 is 5.97 Å². The zero-order chi connectivity index (χ0) is 13.0. The normalized spacial score (nSPS) is 10.3. The summed E-state index contributed by atoms with van der Waals surface area (Å²) in [5.74, 6) is 0.271. The number of aryl methyl sites for hydroxylation is 1. The summed E-state index contributed by atoms with van der Waals surface area (Å²) in [5, 5.41) is 0. The van der Waals surface area contributed by atoms with Crippen molar-refractivity contribution < 1.29 is 13.9 Å². The molecule has 0 aliphatic carbocycles. The molecule has 0 amide bonds. The first kappa shape index (κ1) is 12.4. The fourth-order valence-corrected chi connectivity index (χ4v) is 1.88.